The Morgan fingerprint density at radius 2 is 2.00 bits per heavy atom. The summed E-state index contributed by atoms with van der Waals surface area (Å²) in [5, 5.41) is 4.03. The molecule has 17 heavy (non-hydrogen) atoms. The fourth-order valence-corrected chi connectivity index (χ4v) is 1.78. The van der Waals surface area contributed by atoms with Crippen molar-refractivity contribution in [3.63, 3.8) is 0 Å². The van der Waals surface area contributed by atoms with Crippen molar-refractivity contribution >= 4 is 0 Å². The molecule has 0 aliphatic heterocycles. The molecule has 0 bridgehead atoms. The average Bonchev–Trinajstić information content (AvgIpc) is 2.67. The number of nitrogens with two attached hydrogens (primary N) is 1. The van der Waals surface area contributed by atoms with Crippen LogP contribution in [0.15, 0.2) is 6.07 Å². The van der Waals surface area contributed by atoms with Crippen molar-refractivity contribution in [3.8, 4) is 0 Å². The van der Waals surface area contributed by atoms with E-state index < -0.39 is 12.2 Å². The first kappa shape index (κ1) is 14.0. The molecule has 1 atom stereocenters. The predicted octanol–water partition coefficient (Wildman–Crippen LogP) is 2.46. The second-order valence-corrected chi connectivity index (χ2v) is 3.91. The lowest BCUT2D eigenvalue weighted by atomic mass is 10.2. The Morgan fingerprint density at radius 3 is 2.41 bits per heavy atom. The summed E-state index contributed by atoms with van der Waals surface area (Å²) < 4.78 is 39.8. The third kappa shape index (κ3) is 3.21. The van der Waals surface area contributed by atoms with E-state index in [1.54, 1.807) is 6.07 Å². The van der Waals surface area contributed by atoms with E-state index in [9.17, 15) is 13.2 Å². The molecule has 0 amide bonds. The molecule has 1 heterocycles. The van der Waals surface area contributed by atoms with Gasteiger partial charge in [-0.25, -0.2) is 0 Å². The zero-order valence-corrected chi connectivity index (χ0v) is 10.1. The Kier molecular flexibility index (Phi) is 4.56. The van der Waals surface area contributed by atoms with Crippen LogP contribution in [0.25, 0.3) is 0 Å². The molecule has 1 unspecified atom stereocenters. The third-order valence-corrected chi connectivity index (χ3v) is 2.70. The van der Waals surface area contributed by atoms with Crippen molar-refractivity contribution in [2.75, 3.05) is 6.54 Å². The number of hydrogen-bond donors (Lipinski definition) is 1. The summed E-state index contributed by atoms with van der Waals surface area (Å²) in [6.45, 7) is 3.69. The van der Waals surface area contributed by atoms with Crippen molar-refractivity contribution < 1.29 is 13.2 Å². The number of aromatic nitrogens is 2. The molecule has 6 heteroatoms. The zero-order valence-electron chi connectivity index (χ0n) is 10.1. The first-order valence-electron chi connectivity index (χ1n) is 5.78. The van der Waals surface area contributed by atoms with Gasteiger partial charge in [-0.3, -0.25) is 4.68 Å². The van der Waals surface area contributed by atoms with Gasteiger partial charge in [-0.15, -0.1) is 0 Å². The van der Waals surface area contributed by atoms with Gasteiger partial charge in [0.2, 0.25) is 0 Å². The maximum Gasteiger partial charge on any atom is 0.410 e. The minimum Gasteiger partial charge on any atom is -0.330 e. The molecule has 1 rings (SSSR count). The van der Waals surface area contributed by atoms with Gasteiger partial charge in [0.05, 0.1) is 5.69 Å². The summed E-state index contributed by atoms with van der Waals surface area (Å²) >= 11 is 0. The highest BCUT2D eigenvalue weighted by Gasteiger charge is 2.41. The fraction of sp³-hybridized carbons (Fsp3) is 0.727. The van der Waals surface area contributed by atoms with Crippen LogP contribution in [-0.2, 0) is 12.8 Å². The number of hydrogen-bond acceptors (Lipinski definition) is 2. The molecule has 0 aliphatic carbocycles. The maximum absolute atomic E-state index is 12.9. The Balaban J connectivity index is 3.12. The van der Waals surface area contributed by atoms with E-state index in [2.05, 4.69) is 5.10 Å². The molecular formula is C11H18F3N3. The normalized spacial score (nSPS) is 14.0. The van der Waals surface area contributed by atoms with Gasteiger partial charge in [-0.05, 0) is 31.9 Å². The van der Waals surface area contributed by atoms with E-state index in [0.29, 0.717) is 24.2 Å². The molecule has 3 nitrogen and oxygen atoms in total. The van der Waals surface area contributed by atoms with Gasteiger partial charge < -0.3 is 5.73 Å². The van der Waals surface area contributed by atoms with Gasteiger partial charge >= 0.3 is 6.18 Å². The maximum atomic E-state index is 12.9. The molecule has 0 aliphatic rings. The van der Waals surface area contributed by atoms with E-state index in [1.165, 1.54) is 0 Å². The fourth-order valence-electron chi connectivity index (χ4n) is 1.78. The average molecular weight is 249 g/mol. The third-order valence-electron chi connectivity index (χ3n) is 2.70. The van der Waals surface area contributed by atoms with Crippen molar-refractivity contribution in [2.45, 2.75) is 45.3 Å². The molecule has 1 aromatic rings. The Labute approximate surface area is 98.8 Å². The molecule has 1 aromatic heterocycles. The van der Waals surface area contributed by atoms with Crippen LogP contribution in [-0.4, -0.2) is 22.5 Å². The Morgan fingerprint density at radius 1 is 1.35 bits per heavy atom. The van der Waals surface area contributed by atoms with E-state index >= 15 is 0 Å². The Hall–Kier alpha value is -1.04. The predicted molar refractivity (Wildman–Crippen MR) is 59.7 cm³/mol. The number of aryl methyl sites for hydroxylation is 2. The highest BCUT2D eigenvalue weighted by molar-refractivity contribution is 5.11. The van der Waals surface area contributed by atoms with E-state index in [-0.39, 0.29) is 13.0 Å². The highest BCUT2D eigenvalue weighted by Crippen LogP contribution is 2.33. The molecular weight excluding hydrogens is 231 g/mol. The number of nitrogens with zero attached hydrogens (tertiary/aromatic N) is 2. The molecule has 0 saturated carbocycles. The molecule has 0 aromatic carbocycles. The van der Waals surface area contributed by atoms with Crippen molar-refractivity contribution in [1.29, 1.82) is 0 Å². The van der Waals surface area contributed by atoms with Crippen LogP contribution in [0, 0.1) is 0 Å². The monoisotopic (exact) mass is 249 g/mol. The molecule has 0 saturated heterocycles. The lowest BCUT2D eigenvalue weighted by molar-refractivity contribution is -0.171. The second kappa shape index (κ2) is 5.53. The van der Waals surface area contributed by atoms with Crippen molar-refractivity contribution in [1.82, 2.24) is 9.78 Å². The standard InChI is InChI=1S/C11H18F3N3/c1-3-8-7-9(4-2)17(16-8)10(5-6-15)11(12,13)14/h7,10H,3-6,15H2,1-2H3. The molecule has 0 spiro atoms. The number of halogens is 3. The first-order chi connectivity index (χ1) is 7.93. The summed E-state index contributed by atoms with van der Waals surface area (Å²) in [7, 11) is 0. The summed E-state index contributed by atoms with van der Waals surface area (Å²) in [5.74, 6) is 0. The summed E-state index contributed by atoms with van der Waals surface area (Å²) in [6, 6.07) is 0.123. The van der Waals surface area contributed by atoms with E-state index in [1.807, 2.05) is 13.8 Å². The smallest absolute Gasteiger partial charge is 0.330 e. The van der Waals surface area contributed by atoms with Crippen LogP contribution in [0.1, 0.15) is 37.7 Å². The van der Waals surface area contributed by atoms with Gasteiger partial charge in [0.15, 0.2) is 0 Å². The van der Waals surface area contributed by atoms with Crippen molar-refractivity contribution in [3.05, 3.63) is 17.5 Å². The topological polar surface area (TPSA) is 43.8 Å². The minimum atomic E-state index is -4.31. The summed E-state index contributed by atoms with van der Waals surface area (Å²) in [4.78, 5) is 0. The Bertz CT molecular complexity index is 357. The van der Waals surface area contributed by atoms with Crippen LogP contribution < -0.4 is 5.73 Å². The summed E-state index contributed by atoms with van der Waals surface area (Å²) in [6.07, 6.45) is -3.28. The highest BCUT2D eigenvalue weighted by atomic mass is 19.4. The lowest BCUT2D eigenvalue weighted by Gasteiger charge is -2.22. The zero-order chi connectivity index (χ0) is 13.1. The molecule has 2 N–H and O–H groups in total. The first-order valence-corrected chi connectivity index (χ1v) is 5.78. The molecule has 0 fully saturated rings. The van der Waals surface area contributed by atoms with Gasteiger partial charge in [0, 0.05) is 5.69 Å². The van der Waals surface area contributed by atoms with Gasteiger partial charge in [-0.1, -0.05) is 13.8 Å². The van der Waals surface area contributed by atoms with Crippen LogP contribution in [0.5, 0.6) is 0 Å². The van der Waals surface area contributed by atoms with E-state index in [0.717, 1.165) is 4.68 Å². The van der Waals surface area contributed by atoms with Crippen LogP contribution in [0.3, 0.4) is 0 Å². The number of rotatable bonds is 5. The largest absolute Gasteiger partial charge is 0.410 e. The van der Waals surface area contributed by atoms with Gasteiger partial charge in [-0.2, -0.15) is 18.3 Å². The van der Waals surface area contributed by atoms with Crippen LogP contribution >= 0.6 is 0 Å². The van der Waals surface area contributed by atoms with Crippen LogP contribution in [0.4, 0.5) is 13.2 Å². The quantitative estimate of drug-likeness (QED) is 0.871. The minimum absolute atomic E-state index is 0.00531. The lowest BCUT2D eigenvalue weighted by Crippen LogP contribution is -2.30. The van der Waals surface area contributed by atoms with Gasteiger partial charge in [0.1, 0.15) is 6.04 Å². The van der Waals surface area contributed by atoms with Crippen molar-refractivity contribution in [2.24, 2.45) is 5.73 Å². The second-order valence-electron chi connectivity index (χ2n) is 3.91. The molecule has 98 valence electrons. The van der Waals surface area contributed by atoms with Crippen LogP contribution in [0.2, 0.25) is 0 Å². The SMILES string of the molecule is CCc1cc(CC)n(C(CCN)C(F)(F)F)n1. The van der Waals surface area contributed by atoms with Gasteiger partial charge in [0.25, 0.3) is 0 Å². The number of alkyl halides is 3. The summed E-state index contributed by atoms with van der Waals surface area (Å²) in [5.41, 5.74) is 6.55. The van der Waals surface area contributed by atoms with E-state index in [4.69, 9.17) is 5.73 Å². The molecule has 0 radical (unpaired) electrons.